The zero-order chi connectivity index (χ0) is 16.7. The van der Waals surface area contributed by atoms with Crippen LogP contribution in [0.15, 0.2) is 48.5 Å². The fourth-order valence-electron chi connectivity index (χ4n) is 2.43. The van der Waals surface area contributed by atoms with Crippen LogP contribution in [0.4, 0.5) is 11.4 Å². The van der Waals surface area contributed by atoms with Crippen LogP contribution in [0, 0.1) is 0 Å². The lowest BCUT2D eigenvalue weighted by Gasteiger charge is -2.26. The first kappa shape index (κ1) is 17.2. The number of nitrogens with two attached hydrogens (primary N) is 1. The van der Waals surface area contributed by atoms with Crippen LogP contribution in [-0.2, 0) is 6.42 Å². The molecule has 0 unspecified atom stereocenters. The third kappa shape index (κ3) is 5.49. The molecule has 2 aromatic carbocycles. The minimum atomic E-state index is 0.802. The minimum Gasteiger partial charge on any atom is -0.497 e. The number of nitrogen functional groups attached to an aromatic ring is 1. The summed E-state index contributed by atoms with van der Waals surface area (Å²) in [6.45, 7) is 2.99. The Morgan fingerprint density at radius 1 is 0.870 bits per heavy atom. The molecule has 23 heavy (non-hydrogen) atoms. The van der Waals surface area contributed by atoms with E-state index in [9.17, 15) is 0 Å². The number of ether oxygens (including phenoxy) is 1. The van der Waals surface area contributed by atoms with Crippen molar-refractivity contribution in [2.45, 2.75) is 6.42 Å². The molecule has 0 amide bonds. The highest BCUT2D eigenvalue weighted by Gasteiger charge is 2.07. The molecular formula is C19H27N3O. The first-order valence-electron chi connectivity index (χ1n) is 7.96. The Morgan fingerprint density at radius 3 is 2.09 bits per heavy atom. The monoisotopic (exact) mass is 313 g/mol. The Kier molecular flexibility index (Phi) is 6.29. The lowest BCUT2D eigenvalue weighted by atomic mass is 10.1. The first-order chi connectivity index (χ1) is 11.1. The second kappa shape index (κ2) is 8.44. The van der Waals surface area contributed by atoms with Crippen LogP contribution < -0.4 is 15.4 Å². The molecule has 2 rings (SSSR count). The van der Waals surface area contributed by atoms with E-state index in [1.54, 1.807) is 7.11 Å². The fourth-order valence-corrected chi connectivity index (χ4v) is 2.43. The van der Waals surface area contributed by atoms with Gasteiger partial charge in [0.1, 0.15) is 5.75 Å². The third-order valence-electron chi connectivity index (χ3n) is 3.90. The van der Waals surface area contributed by atoms with Crippen LogP contribution in [-0.4, -0.2) is 45.7 Å². The summed E-state index contributed by atoms with van der Waals surface area (Å²) >= 11 is 0. The molecule has 0 radical (unpaired) electrons. The van der Waals surface area contributed by atoms with E-state index in [0.717, 1.165) is 37.5 Å². The van der Waals surface area contributed by atoms with Gasteiger partial charge in [0.05, 0.1) is 7.11 Å². The maximum atomic E-state index is 5.80. The topological polar surface area (TPSA) is 41.7 Å². The van der Waals surface area contributed by atoms with Gasteiger partial charge in [0.2, 0.25) is 0 Å². The largest absolute Gasteiger partial charge is 0.497 e. The van der Waals surface area contributed by atoms with Crippen LogP contribution in [0.1, 0.15) is 5.56 Å². The normalized spacial score (nSPS) is 10.8. The van der Waals surface area contributed by atoms with Crippen LogP contribution in [0.3, 0.4) is 0 Å². The number of benzene rings is 2. The number of methoxy groups -OCH3 is 1. The molecule has 4 heteroatoms. The smallest absolute Gasteiger partial charge is 0.118 e. The molecule has 0 aromatic heterocycles. The Bertz CT molecular complexity index is 579. The van der Waals surface area contributed by atoms with Gasteiger partial charge in [-0.05, 0) is 62.5 Å². The Morgan fingerprint density at radius 2 is 1.52 bits per heavy atom. The summed E-state index contributed by atoms with van der Waals surface area (Å²) in [5, 5.41) is 0. The van der Waals surface area contributed by atoms with Gasteiger partial charge in [-0.15, -0.1) is 0 Å². The van der Waals surface area contributed by atoms with Crippen molar-refractivity contribution in [1.82, 2.24) is 4.90 Å². The van der Waals surface area contributed by atoms with Crippen molar-refractivity contribution < 1.29 is 4.74 Å². The summed E-state index contributed by atoms with van der Waals surface area (Å²) in [7, 11) is 5.90. The number of hydrogen-bond acceptors (Lipinski definition) is 4. The van der Waals surface area contributed by atoms with Crippen molar-refractivity contribution in [1.29, 1.82) is 0 Å². The van der Waals surface area contributed by atoms with E-state index in [0.29, 0.717) is 0 Å². The molecule has 0 saturated carbocycles. The average molecular weight is 313 g/mol. The predicted molar refractivity (Wildman–Crippen MR) is 98.3 cm³/mol. The van der Waals surface area contributed by atoms with Crippen molar-refractivity contribution in [3.63, 3.8) is 0 Å². The number of nitrogens with zero attached hydrogens (tertiary/aromatic N) is 2. The zero-order valence-electron chi connectivity index (χ0n) is 14.3. The number of hydrogen-bond donors (Lipinski definition) is 1. The molecule has 0 saturated heterocycles. The second-order valence-corrected chi connectivity index (χ2v) is 5.98. The van der Waals surface area contributed by atoms with E-state index in [-0.39, 0.29) is 0 Å². The molecule has 2 aromatic rings. The summed E-state index contributed by atoms with van der Waals surface area (Å²) in [6, 6.07) is 16.4. The summed E-state index contributed by atoms with van der Waals surface area (Å²) in [4.78, 5) is 4.61. The molecule has 124 valence electrons. The number of anilines is 2. The lowest BCUT2D eigenvalue weighted by Crippen LogP contribution is -2.33. The van der Waals surface area contributed by atoms with Gasteiger partial charge >= 0.3 is 0 Å². The molecule has 0 fully saturated rings. The van der Waals surface area contributed by atoms with Gasteiger partial charge in [0.15, 0.2) is 0 Å². The van der Waals surface area contributed by atoms with Gasteiger partial charge in [-0.25, -0.2) is 0 Å². The predicted octanol–water partition coefficient (Wildman–Crippen LogP) is 2.89. The zero-order valence-corrected chi connectivity index (χ0v) is 14.3. The Labute approximate surface area is 139 Å². The maximum Gasteiger partial charge on any atom is 0.118 e. The quantitative estimate of drug-likeness (QED) is 0.761. The average Bonchev–Trinajstić information content (AvgIpc) is 2.56. The summed E-state index contributed by atoms with van der Waals surface area (Å²) in [6.07, 6.45) is 1.00. The van der Waals surface area contributed by atoms with Crippen molar-refractivity contribution in [2.75, 3.05) is 51.5 Å². The van der Waals surface area contributed by atoms with E-state index in [1.807, 2.05) is 24.3 Å². The molecule has 0 aliphatic heterocycles. The fraction of sp³-hybridized carbons (Fsp3) is 0.368. The summed E-state index contributed by atoms with van der Waals surface area (Å²) < 4.78 is 5.21. The van der Waals surface area contributed by atoms with E-state index in [1.165, 1.54) is 11.3 Å². The van der Waals surface area contributed by atoms with E-state index in [4.69, 9.17) is 10.5 Å². The lowest BCUT2D eigenvalue weighted by molar-refractivity contribution is 0.413. The Balaban J connectivity index is 2.02. The SMILES string of the molecule is COc1ccc(CCN(CCN(C)C)c2ccc(N)cc2)cc1. The number of rotatable bonds is 8. The van der Waals surface area contributed by atoms with Gasteiger partial charge < -0.3 is 20.3 Å². The molecule has 4 nitrogen and oxygen atoms in total. The Hall–Kier alpha value is -2.20. The van der Waals surface area contributed by atoms with E-state index >= 15 is 0 Å². The molecule has 0 atom stereocenters. The molecule has 0 heterocycles. The van der Waals surface area contributed by atoms with E-state index in [2.05, 4.69) is 48.2 Å². The van der Waals surface area contributed by atoms with Crippen LogP contribution in [0.25, 0.3) is 0 Å². The van der Waals surface area contributed by atoms with Gasteiger partial charge in [-0.1, -0.05) is 12.1 Å². The number of likely N-dealkylation sites (N-methyl/N-ethyl adjacent to an activating group) is 1. The molecule has 0 aliphatic rings. The highest BCUT2D eigenvalue weighted by molar-refractivity contribution is 5.53. The first-order valence-corrected chi connectivity index (χ1v) is 7.96. The maximum absolute atomic E-state index is 5.80. The van der Waals surface area contributed by atoms with Crippen molar-refractivity contribution in [2.24, 2.45) is 0 Å². The summed E-state index contributed by atoms with van der Waals surface area (Å²) in [5.74, 6) is 0.900. The summed E-state index contributed by atoms with van der Waals surface area (Å²) in [5.41, 5.74) is 9.14. The standard InChI is InChI=1S/C19H27N3O/c1-21(2)14-15-22(18-8-6-17(20)7-9-18)13-12-16-4-10-19(23-3)11-5-16/h4-11H,12-15,20H2,1-3H3. The van der Waals surface area contributed by atoms with E-state index < -0.39 is 0 Å². The molecule has 0 aliphatic carbocycles. The molecule has 0 spiro atoms. The van der Waals surface area contributed by atoms with Crippen LogP contribution in [0.2, 0.25) is 0 Å². The van der Waals surface area contributed by atoms with Gasteiger partial charge in [-0.2, -0.15) is 0 Å². The highest BCUT2D eigenvalue weighted by Crippen LogP contribution is 2.18. The van der Waals surface area contributed by atoms with Crippen molar-refractivity contribution in [3.8, 4) is 5.75 Å². The second-order valence-electron chi connectivity index (χ2n) is 5.98. The molecule has 0 bridgehead atoms. The van der Waals surface area contributed by atoms with Crippen LogP contribution >= 0.6 is 0 Å². The van der Waals surface area contributed by atoms with Gasteiger partial charge in [-0.3, -0.25) is 0 Å². The third-order valence-corrected chi connectivity index (χ3v) is 3.90. The molecular weight excluding hydrogens is 286 g/mol. The highest BCUT2D eigenvalue weighted by atomic mass is 16.5. The van der Waals surface area contributed by atoms with Crippen molar-refractivity contribution >= 4 is 11.4 Å². The van der Waals surface area contributed by atoms with Gasteiger partial charge in [0, 0.05) is 31.0 Å². The molecule has 2 N–H and O–H groups in total. The van der Waals surface area contributed by atoms with Crippen molar-refractivity contribution in [3.05, 3.63) is 54.1 Å². The van der Waals surface area contributed by atoms with Crippen LogP contribution in [0.5, 0.6) is 5.75 Å². The van der Waals surface area contributed by atoms with Gasteiger partial charge in [0.25, 0.3) is 0 Å². The minimum absolute atomic E-state index is 0.802.